The third-order valence-corrected chi connectivity index (χ3v) is 3.77. The first kappa shape index (κ1) is 8.44. The molecule has 0 fully saturated rings. The molecule has 1 heterocycles. The van der Waals surface area contributed by atoms with Crippen LogP contribution in [0.2, 0.25) is 0 Å². The first-order valence-electron chi connectivity index (χ1n) is 3.71. The summed E-state index contributed by atoms with van der Waals surface area (Å²) in [6.07, 6.45) is 0. The Balaban J connectivity index is 2.89. The second-order valence-corrected chi connectivity index (χ2v) is 5.61. The number of nitrogens with zero attached hydrogens (tertiary/aromatic N) is 1. The van der Waals surface area contributed by atoms with Crippen LogP contribution in [0, 0.1) is 16.9 Å². The summed E-state index contributed by atoms with van der Waals surface area (Å²) in [5.74, 6) is 0. The smallest absolute Gasteiger partial charge is 0.155 e. The van der Waals surface area contributed by atoms with Crippen LogP contribution in [0.1, 0.15) is 11.1 Å². The van der Waals surface area contributed by atoms with Crippen molar-refractivity contribution in [3.8, 4) is 0 Å². The number of hydrogen-bond acceptors (Lipinski definition) is 2. The summed E-state index contributed by atoms with van der Waals surface area (Å²) in [7, 11) is 0. The summed E-state index contributed by atoms with van der Waals surface area (Å²) >= 11 is 4.02. The monoisotopic (exact) mass is 289 g/mol. The van der Waals surface area contributed by atoms with Crippen molar-refractivity contribution in [2.75, 3.05) is 0 Å². The molecule has 3 heteroatoms. The number of thiazole rings is 1. The Morgan fingerprint density at radius 2 is 2.08 bits per heavy atom. The Bertz CT molecular complexity index is 433. The highest BCUT2D eigenvalue weighted by molar-refractivity contribution is 14.1. The van der Waals surface area contributed by atoms with Gasteiger partial charge >= 0.3 is 0 Å². The van der Waals surface area contributed by atoms with Gasteiger partial charge in [0, 0.05) is 0 Å². The van der Waals surface area contributed by atoms with Gasteiger partial charge in [-0.1, -0.05) is 6.07 Å². The molecule has 0 spiro atoms. The van der Waals surface area contributed by atoms with Crippen LogP contribution in [-0.4, -0.2) is 4.98 Å². The zero-order chi connectivity index (χ0) is 8.72. The maximum Gasteiger partial charge on any atom is 0.155 e. The fourth-order valence-electron chi connectivity index (χ4n) is 1.20. The van der Waals surface area contributed by atoms with Gasteiger partial charge in [-0.05, 0) is 53.6 Å². The molecule has 62 valence electrons. The Morgan fingerprint density at radius 3 is 2.83 bits per heavy atom. The lowest BCUT2D eigenvalue weighted by Gasteiger charge is -1.97. The van der Waals surface area contributed by atoms with Crippen molar-refractivity contribution in [1.82, 2.24) is 4.98 Å². The molecule has 1 aromatic heterocycles. The molecule has 0 unspecified atom stereocenters. The molecule has 0 saturated heterocycles. The van der Waals surface area contributed by atoms with Gasteiger partial charge in [0.2, 0.25) is 0 Å². The van der Waals surface area contributed by atoms with Crippen molar-refractivity contribution < 1.29 is 0 Å². The van der Waals surface area contributed by atoms with E-state index >= 15 is 0 Å². The van der Waals surface area contributed by atoms with E-state index in [-0.39, 0.29) is 0 Å². The quantitative estimate of drug-likeness (QED) is 0.676. The normalized spacial score (nSPS) is 10.9. The average molecular weight is 289 g/mol. The van der Waals surface area contributed by atoms with Crippen LogP contribution >= 0.6 is 33.9 Å². The summed E-state index contributed by atoms with van der Waals surface area (Å²) in [6, 6.07) is 4.31. The summed E-state index contributed by atoms with van der Waals surface area (Å²) in [5.41, 5.74) is 3.81. The van der Waals surface area contributed by atoms with Crippen molar-refractivity contribution in [2.45, 2.75) is 13.8 Å². The van der Waals surface area contributed by atoms with E-state index in [1.54, 1.807) is 11.3 Å². The largest absolute Gasteiger partial charge is 0.230 e. The molecule has 2 rings (SSSR count). The summed E-state index contributed by atoms with van der Waals surface area (Å²) in [4.78, 5) is 4.48. The van der Waals surface area contributed by atoms with E-state index in [2.05, 4.69) is 53.6 Å². The number of rotatable bonds is 0. The van der Waals surface area contributed by atoms with Crippen molar-refractivity contribution in [2.24, 2.45) is 0 Å². The third-order valence-electron chi connectivity index (χ3n) is 2.06. The predicted octanol–water partition coefficient (Wildman–Crippen LogP) is 3.52. The molecule has 1 aromatic carbocycles. The fourth-order valence-corrected chi connectivity index (χ4v) is 2.90. The molecule has 0 saturated carbocycles. The van der Waals surface area contributed by atoms with Gasteiger partial charge in [-0.15, -0.1) is 11.3 Å². The Hall–Kier alpha value is -0.160. The van der Waals surface area contributed by atoms with Gasteiger partial charge in [-0.3, -0.25) is 0 Å². The Labute approximate surface area is 89.0 Å². The van der Waals surface area contributed by atoms with Crippen LogP contribution in [-0.2, 0) is 0 Å². The van der Waals surface area contributed by atoms with E-state index in [0.717, 1.165) is 3.01 Å². The minimum absolute atomic E-state index is 1.12. The molecule has 2 aromatic rings. The van der Waals surface area contributed by atoms with Crippen LogP contribution in [0.5, 0.6) is 0 Å². The molecule has 0 aliphatic carbocycles. The lowest BCUT2D eigenvalue weighted by atomic mass is 10.1. The molecule has 0 atom stereocenters. The summed E-state index contributed by atoms with van der Waals surface area (Å²) in [5, 5.41) is 0. The maximum atomic E-state index is 4.48. The highest BCUT2D eigenvalue weighted by Crippen LogP contribution is 2.27. The van der Waals surface area contributed by atoms with E-state index in [0.29, 0.717) is 0 Å². The first-order valence-corrected chi connectivity index (χ1v) is 5.60. The second-order valence-electron chi connectivity index (χ2n) is 2.82. The van der Waals surface area contributed by atoms with Crippen LogP contribution in [0.15, 0.2) is 12.1 Å². The molecule has 0 aliphatic rings. The van der Waals surface area contributed by atoms with Crippen molar-refractivity contribution in [1.29, 1.82) is 0 Å². The molecule has 0 N–H and O–H groups in total. The van der Waals surface area contributed by atoms with Gasteiger partial charge in [0.1, 0.15) is 0 Å². The lowest BCUT2D eigenvalue weighted by molar-refractivity contribution is 1.33. The second kappa shape index (κ2) is 2.96. The third kappa shape index (κ3) is 1.25. The summed E-state index contributed by atoms with van der Waals surface area (Å²) < 4.78 is 2.42. The van der Waals surface area contributed by atoms with Gasteiger partial charge in [0.25, 0.3) is 0 Å². The van der Waals surface area contributed by atoms with Gasteiger partial charge in [-0.25, -0.2) is 4.98 Å². The van der Waals surface area contributed by atoms with Gasteiger partial charge in [-0.2, -0.15) is 0 Å². The van der Waals surface area contributed by atoms with Crippen molar-refractivity contribution in [3.05, 3.63) is 26.3 Å². The van der Waals surface area contributed by atoms with Crippen LogP contribution in [0.25, 0.3) is 10.2 Å². The standard InChI is InChI=1S/C9H8INS/c1-5-3-4-7-8(6(5)2)11-9(10)12-7/h3-4H,1-2H3. The van der Waals surface area contributed by atoms with Crippen molar-refractivity contribution >= 4 is 44.1 Å². The van der Waals surface area contributed by atoms with E-state index in [9.17, 15) is 0 Å². The first-order chi connectivity index (χ1) is 5.68. The van der Waals surface area contributed by atoms with E-state index in [4.69, 9.17) is 0 Å². The predicted molar refractivity (Wildman–Crippen MR) is 61.8 cm³/mol. The van der Waals surface area contributed by atoms with Crippen molar-refractivity contribution in [3.63, 3.8) is 0 Å². The van der Waals surface area contributed by atoms with Crippen LogP contribution < -0.4 is 0 Å². The Morgan fingerprint density at radius 1 is 1.33 bits per heavy atom. The van der Waals surface area contributed by atoms with E-state index < -0.39 is 0 Å². The highest BCUT2D eigenvalue weighted by Gasteiger charge is 2.04. The highest BCUT2D eigenvalue weighted by atomic mass is 127. The lowest BCUT2D eigenvalue weighted by Crippen LogP contribution is -1.81. The number of hydrogen-bond donors (Lipinski definition) is 0. The molecule has 0 bridgehead atoms. The minimum Gasteiger partial charge on any atom is -0.230 e. The number of halogens is 1. The number of aryl methyl sites for hydroxylation is 2. The summed E-state index contributed by atoms with van der Waals surface area (Å²) in [6.45, 7) is 4.26. The number of fused-ring (bicyclic) bond motifs is 1. The van der Waals surface area contributed by atoms with Crippen LogP contribution in [0.3, 0.4) is 0 Å². The SMILES string of the molecule is Cc1ccc2sc(I)nc2c1C. The number of benzene rings is 1. The minimum atomic E-state index is 1.12. The van der Waals surface area contributed by atoms with Gasteiger partial charge in [0.05, 0.1) is 10.2 Å². The fraction of sp³-hybridized carbons (Fsp3) is 0.222. The Kier molecular flexibility index (Phi) is 2.08. The van der Waals surface area contributed by atoms with Gasteiger partial charge in [0.15, 0.2) is 3.01 Å². The zero-order valence-electron chi connectivity index (χ0n) is 6.89. The number of aromatic nitrogens is 1. The molecule has 0 amide bonds. The topological polar surface area (TPSA) is 12.9 Å². The van der Waals surface area contributed by atoms with E-state index in [1.165, 1.54) is 21.3 Å². The molecule has 0 aliphatic heterocycles. The molecule has 1 nitrogen and oxygen atoms in total. The molecular formula is C9H8INS. The van der Waals surface area contributed by atoms with E-state index in [1.807, 2.05) is 0 Å². The molecule has 0 radical (unpaired) electrons. The zero-order valence-corrected chi connectivity index (χ0v) is 9.86. The molecule has 12 heavy (non-hydrogen) atoms. The van der Waals surface area contributed by atoms with Crippen LogP contribution in [0.4, 0.5) is 0 Å². The molecular weight excluding hydrogens is 281 g/mol. The van der Waals surface area contributed by atoms with Gasteiger partial charge < -0.3 is 0 Å². The average Bonchev–Trinajstić information content (AvgIpc) is 2.39. The maximum absolute atomic E-state index is 4.48.